The van der Waals surface area contributed by atoms with Gasteiger partial charge in [-0.15, -0.1) is 0 Å². The minimum Gasteiger partial charge on any atom is -0.361 e. The Morgan fingerprint density at radius 2 is 2.00 bits per heavy atom. The van der Waals surface area contributed by atoms with Crippen molar-refractivity contribution >= 4 is 50.2 Å². The van der Waals surface area contributed by atoms with Crippen LogP contribution in [0.25, 0.3) is 32.7 Å². The molecule has 5 rings (SSSR count). The van der Waals surface area contributed by atoms with E-state index in [4.69, 9.17) is 11.6 Å². The molecule has 0 saturated heterocycles. The van der Waals surface area contributed by atoms with Crippen molar-refractivity contribution in [2.45, 2.75) is 25.8 Å². The summed E-state index contributed by atoms with van der Waals surface area (Å²) in [6.45, 7) is 2.43. The minimum absolute atomic E-state index is 0.114. The molecule has 1 amide bonds. The number of aromatic amines is 1. The number of carbonyl (C=O) groups excluding carboxylic acids is 1. The Morgan fingerprint density at radius 1 is 1.18 bits per heavy atom. The van der Waals surface area contributed by atoms with Gasteiger partial charge < -0.3 is 14.9 Å². The van der Waals surface area contributed by atoms with E-state index in [0.717, 1.165) is 32.8 Å². The van der Waals surface area contributed by atoms with Gasteiger partial charge in [0.1, 0.15) is 11.6 Å². The Balaban J connectivity index is 1.46. The van der Waals surface area contributed by atoms with Gasteiger partial charge in [0.25, 0.3) is 5.56 Å². The summed E-state index contributed by atoms with van der Waals surface area (Å²) in [5, 5.41) is 10.7. The van der Waals surface area contributed by atoms with Crippen LogP contribution in [-0.4, -0.2) is 31.8 Å². The Labute approximate surface area is 195 Å². The van der Waals surface area contributed by atoms with Gasteiger partial charge in [0.2, 0.25) is 5.91 Å². The fourth-order valence-electron chi connectivity index (χ4n) is 4.59. The Kier molecular flexibility index (Phi) is 5.42. The lowest BCUT2D eigenvalue weighted by Crippen LogP contribution is -2.34. The SMILES string of the molecule is CC[C@@H](C(=O)NCCc1c[nH]c2ccc(Cl)cc12)n1c2ccccc2c2cnn(C)c(=O)c21. The zero-order chi connectivity index (χ0) is 23.1. The van der Waals surface area contributed by atoms with Crippen LogP contribution in [0, 0.1) is 0 Å². The highest BCUT2D eigenvalue weighted by atomic mass is 35.5. The molecule has 2 aromatic carbocycles. The molecule has 2 N–H and O–H groups in total. The van der Waals surface area contributed by atoms with Crippen LogP contribution in [-0.2, 0) is 18.3 Å². The molecule has 3 aromatic heterocycles. The van der Waals surface area contributed by atoms with Crippen molar-refractivity contribution in [1.29, 1.82) is 0 Å². The highest BCUT2D eigenvalue weighted by Crippen LogP contribution is 2.31. The Hall–Kier alpha value is -3.58. The molecule has 0 spiro atoms. The number of aromatic nitrogens is 4. The molecule has 33 heavy (non-hydrogen) atoms. The summed E-state index contributed by atoms with van der Waals surface area (Å²) in [7, 11) is 1.62. The van der Waals surface area contributed by atoms with Gasteiger partial charge in [-0.3, -0.25) is 9.59 Å². The van der Waals surface area contributed by atoms with E-state index in [1.54, 1.807) is 13.2 Å². The van der Waals surface area contributed by atoms with Gasteiger partial charge in [-0.25, -0.2) is 4.68 Å². The molecule has 3 heterocycles. The van der Waals surface area contributed by atoms with Gasteiger partial charge in [-0.2, -0.15) is 5.10 Å². The maximum Gasteiger partial charge on any atom is 0.291 e. The van der Waals surface area contributed by atoms with Crippen LogP contribution in [0.4, 0.5) is 0 Å². The number of H-pyrrole nitrogens is 1. The first-order valence-electron chi connectivity index (χ1n) is 11.0. The topological polar surface area (TPSA) is 84.7 Å². The van der Waals surface area contributed by atoms with Crippen molar-refractivity contribution in [3.8, 4) is 0 Å². The number of hydrogen-bond acceptors (Lipinski definition) is 3. The number of para-hydroxylation sites is 1. The Morgan fingerprint density at radius 3 is 2.82 bits per heavy atom. The van der Waals surface area contributed by atoms with Crippen molar-refractivity contribution in [3.05, 3.63) is 75.8 Å². The third-order valence-electron chi connectivity index (χ3n) is 6.23. The second kappa shape index (κ2) is 8.41. The van der Waals surface area contributed by atoms with E-state index in [0.29, 0.717) is 29.9 Å². The number of hydrogen-bond donors (Lipinski definition) is 2. The Bertz CT molecular complexity index is 1560. The molecule has 0 radical (unpaired) electrons. The maximum atomic E-state index is 13.3. The quantitative estimate of drug-likeness (QED) is 0.394. The lowest BCUT2D eigenvalue weighted by Gasteiger charge is -2.19. The van der Waals surface area contributed by atoms with Crippen LogP contribution in [0.1, 0.15) is 24.9 Å². The number of benzene rings is 2. The van der Waals surface area contributed by atoms with E-state index in [-0.39, 0.29) is 11.5 Å². The first kappa shape index (κ1) is 21.3. The predicted molar refractivity (Wildman–Crippen MR) is 132 cm³/mol. The highest BCUT2D eigenvalue weighted by molar-refractivity contribution is 6.31. The van der Waals surface area contributed by atoms with Crippen LogP contribution >= 0.6 is 11.6 Å². The molecule has 0 fully saturated rings. The first-order chi connectivity index (χ1) is 16.0. The molecule has 8 heteroatoms. The minimum atomic E-state index is -0.514. The summed E-state index contributed by atoms with van der Waals surface area (Å²) in [5.74, 6) is -0.114. The van der Waals surface area contributed by atoms with E-state index in [1.807, 2.05) is 60.2 Å². The number of amides is 1. The van der Waals surface area contributed by atoms with Gasteiger partial charge in [0.05, 0.1) is 11.7 Å². The molecule has 0 saturated carbocycles. The summed E-state index contributed by atoms with van der Waals surface area (Å²) in [6.07, 6.45) is 4.87. The molecule has 0 aliphatic carbocycles. The van der Waals surface area contributed by atoms with Crippen LogP contribution in [0.5, 0.6) is 0 Å². The molecule has 168 valence electrons. The molecule has 0 aliphatic heterocycles. The van der Waals surface area contributed by atoms with E-state index in [9.17, 15) is 9.59 Å². The van der Waals surface area contributed by atoms with E-state index < -0.39 is 6.04 Å². The number of fused-ring (bicyclic) bond motifs is 4. The molecule has 5 aromatic rings. The molecule has 1 atom stereocenters. The van der Waals surface area contributed by atoms with Gasteiger partial charge in [0.15, 0.2) is 0 Å². The third kappa shape index (κ3) is 3.58. The lowest BCUT2D eigenvalue weighted by atomic mass is 10.1. The number of rotatable bonds is 6. The molecular formula is C25H24ClN5O2. The average Bonchev–Trinajstić information content (AvgIpc) is 3.36. The van der Waals surface area contributed by atoms with Crippen molar-refractivity contribution in [2.24, 2.45) is 7.05 Å². The van der Waals surface area contributed by atoms with Crippen molar-refractivity contribution < 1.29 is 4.79 Å². The lowest BCUT2D eigenvalue weighted by molar-refractivity contribution is -0.124. The van der Waals surface area contributed by atoms with Crippen molar-refractivity contribution in [2.75, 3.05) is 6.54 Å². The summed E-state index contributed by atoms with van der Waals surface area (Å²) in [4.78, 5) is 29.6. The normalized spacial score (nSPS) is 12.6. The molecule has 7 nitrogen and oxygen atoms in total. The van der Waals surface area contributed by atoms with Crippen LogP contribution < -0.4 is 10.9 Å². The fraction of sp³-hybridized carbons (Fsp3) is 0.240. The molecule has 0 aliphatic rings. The monoisotopic (exact) mass is 461 g/mol. The average molecular weight is 462 g/mol. The molecule has 0 bridgehead atoms. The fourth-order valence-corrected chi connectivity index (χ4v) is 4.76. The number of carbonyl (C=O) groups is 1. The molecule has 0 unspecified atom stereocenters. The smallest absolute Gasteiger partial charge is 0.291 e. The van der Waals surface area contributed by atoms with Crippen molar-refractivity contribution in [1.82, 2.24) is 24.6 Å². The van der Waals surface area contributed by atoms with Gasteiger partial charge >= 0.3 is 0 Å². The zero-order valence-corrected chi connectivity index (χ0v) is 19.2. The summed E-state index contributed by atoms with van der Waals surface area (Å²) in [6, 6.07) is 13.0. The number of nitrogens with one attached hydrogen (secondary N) is 2. The van der Waals surface area contributed by atoms with Gasteiger partial charge in [-0.1, -0.05) is 36.7 Å². The van der Waals surface area contributed by atoms with Crippen molar-refractivity contribution in [3.63, 3.8) is 0 Å². The summed E-state index contributed by atoms with van der Waals surface area (Å²) >= 11 is 6.15. The van der Waals surface area contributed by atoms with Gasteiger partial charge in [-0.05, 0) is 42.7 Å². The number of halogens is 1. The first-order valence-corrected chi connectivity index (χ1v) is 11.4. The summed E-state index contributed by atoms with van der Waals surface area (Å²) < 4.78 is 3.18. The summed E-state index contributed by atoms with van der Waals surface area (Å²) in [5.41, 5.74) is 3.25. The van der Waals surface area contributed by atoms with Gasteiger partial charge in [0, 0.05) is 46.5 Å². The highest BCUT2D eigenvalue weighted by Gasteiger charge is 2.25. The van der Waals surface area contributed by atoms with Crippen LogP contribution in [0.2, 0.25) is 5.02 Å². The van der Waals surface area contributed by atoms with E-state index >= 15 is 0 Å². The van der Waals surface area contributed by atoms with Crippen LogP contribution in [0.15, 0.2) is 59.7 Å². The number of aryl methyl sites for hydroxylation is 1. The van der Waals surface area contributed by atoms with Crippen LogP contribution in [0.3, 0.4) is 0 Å². The van der Waals surface area contributed by atoms with E-state index in [1.165, 1.54) is 4.68 Å². The zero-order valence-electron chi connectivity index (χ0n) is 18.4. The standard InChI is InChI=1S/C25H24ClN5O2/c1-3-21(24(32)27-11-10-15-13-28-20-9-8-16(26)12-18(15)20)31-22-7-5-4-6-17(22)19-14-29-30(2)25(33)23(19)31/h4-9,12-14,21,28H,3,10-11H2,1-2H3,(H,27,32)/t21-/m0/s1. The predicted octanol–water partition coefficient (Wildman–Crippen LogP) is 4.33. The third-order valence-corrected chi connectivity index (χ3v) is 6.47. The number of nitrogens with zero attached hydrogens (tertiary/aromatic N) is 3. The second-order valence-electron chi connectivity index (χ2n) is 8.19. The maximum absolute atomic E-state index is 13.3. The molecular weight excluding hydrogens is 438 g/mol. The second-order valence-corrected chi connectivity index (χ2v) is 8.63. The largest absolute Gasteiger partial charge is 0.361 e. The van der Waals surface area contributed by atoms with E-state index in [2.05, 4.69) is 15.4 Å².